The second-order valence-electron chi connectivity index (χ2n) is 5.43. The van der Waals surface area contributed by atoms with Crippen LogP contribution in [-0.2, 0) is 4.74 Å². The van der Waals surface area contributed by atoms with E-state index < -0.39 is 6.09 Å². The fraction of sp³-hybridized carbons (Fsp3) is 0.278. The first kappa shape index (κ1) is 14.6. The molecule has 4 heteroatoms. The maximum Gasteiger partial charge on any atom is 0.433 e. The van der Waals surface area contributed by atoms with Crippen molar-refractivity contribution in [1.82, 2.24) is 5.06 Å². The van der Waals surface area contributed by atoms with E-state index in [9.17, 15) is 10.0 Å². The van der Waals surface area contributed by atoms with Gasteiger partial charge < -0.3 is 4.74 Å². The highest BCUT2D eigenvalue weighted by atomic mass is 16.6. The zero-order chi connectivity index (χ0) is 15.5. The van der Waals surface area contributed by atoms with Gasteiger partial charge >= 0.3 is 6.09 Å². The molecular formula is C18H19NO3. The molecule has 0 saturated heterocycles. The van der Waals surface area contributed by atoms with Crippen molar-refractivity contribution in [2.75, 3.05) is 13.2 Å². The van der Waals surface area contributed by atoms with Gasteiger partial charge in [-0.2, -0.15) is 5.06 Å². The van der Waals surface area contributed by atoms with Crippen LogP contribution in [0.5, 0.6) is 0 Å². The third-order valence-electron chi connectivity index (χ3n) is 3.98. The van der Waals surface area contributed by atoms with E-state index in [2.05, 4.69) is 24.3 Å². The average molecular weight is 297 g/mol. The predicted molar refractivity (Wildman–Crippen MR) is 83.9 cm³/mol. The number of fused-ring (bicyclic) bond motifs is 3. The molecule has 0 spiro atoms. The fourth-order valence-corrected chi connectivity index (χ4v) is 2.97. The smallest absolute Gasteiger partial charge is 0.433 e. The van der Waals surface area contributed by atoms with Crippen molar-refractivity contribution in [3.05, 3.63) is 59.7 Å². The summed E-state index contributed by atoms with van der Waals surface area (Å²) in [4.78, 5) is 11.8. The fourth-order valence-electron chi connectivity index (χ4n) is 2.97. The molecule has 0 unspecified atom stereocenters. The van der Waals surface area contributed by atoms with Gasteiger partial charge in [0, 0.05) is 5.92 Å². The van der Waals surface area contributed by atoms with Gasteiger partial charge in [-0.3, -0.25) is 5.21 Å². The van der Waals surface area contributed by atoms with Crippen molar-refractivity contribution >= 4 is 6.09 Å². The van der Waals surface area contributed by atoms with Gasteiger partial charge in [-0.15, -0.1) is 0 Å². The van der Waals surface area contributed by atoms with Crippen LogP contribution >= 0.6 is 0 Å². The van der Waals surface area contributed by atoms with Crippen molar-refractivity contribution in [3.8, 4) is 11.1 Å². The van der Waals surface area contributed by atoms with Crippen LogP contribution < -0.4 is 0 Å². The Labute approximate surface area is 129 Å². The summed E-state index contributed by atoms with van der Waals surface area (Å²) in [5, 5.41) is 10.2. The third-order valence-corrected chi connectivity index (χ3v) is 3.98. The summed E-state index contributed by atoms with van der Waals surface area (Å²) in [6, 6.07) is 16.3. The number of rotatable bonds is 4. The first-order chi connectivity index (χ1) is 10.7. The molecule has 2 aromatic carbocycles. The Morgan fingerprint density at radius 1 is 1.09 bits per heavy atom. The minimum Gasteiger partial charge on any atom is -0.447 e. The van der Waals surface area contributed by atoms with Crippen LogP contribution in [0.1, 0.15) is 30.4 Å². The lowest BCUT2D eigenvalue weighted by molar-refractivity contribution is -0.0742. The van der Waals surface area contributed by atoms with Crippen LogP contribution in [0, 0.1) is 0 Å². The van der Waals surface area contributed by atoms with E-state index in [0.717, 1.165) is 11.1 Å². The number of nitrogens with zero attached hydrogens (tertiary/aromatic N) is 1. The summed E-state index contributed by atoms with van der Waals surface area (Å²) >= 11 is 0. The number of ether oxygens (including phenoxy) is 1. The molecule has 4 nitrogen and oxygen atoms in total. The van der Waals surface area contributed by atoms with Crippen molar-refractivity contribution in [1.29, 1.82) is 0 Å². The van der Waals surface area contributed by atoms with Crippen molar-refractivity contribution in [3.63, 3.8) is 0 Å². The molecule has 1 aliphatic rings. The number of amides is 1. The highest BCUT2D eigenvalue weighted by molar-refractivity contribution is 5.79. The van der Waals surface area contributed by atoms with Gasteiger partial charge in [0.1, 0.15) is 6.61 Å². The Kier molecular flexibility index (Phi) is 4.11. The molecule has 0 heterocycles. The van der Waals surface area contributed by atoms with E-state index in [1.165, 1.54) is 11.1 Å². The van der Waals surface area contributed by atoms with E-state index in [4.69, 9.17) is 4.74 Å². The van der Waals surface area contributed by atoms with Crippen LogP contribution in [0.4, 0.5) is 4.79 Å². The molecule has 0 aliphatic heterocycles. The second kappa shape index (κ2) is 6.20. The number of benzene rings is 2. The van der Waals surface area contributed by atoms with Gasteiger partial charge in [0.05, 0.1) is 6.54 Å². The van der Waals surface area contributed by atoms with Crippen LogP contribution in [0.15, 0.2) is 48.5 Å². The molecule has 1 amide bonds. The molecule has 22 heavy (non-hydrogen) atoms. The zero-order valence-electron chi connectivity index (χ0n) is 12.5. The molecule has 1 N–H and O–H groups in total. The topological polar surface area (TPSA) is 49.8 Å². The number of hydrogen-bond donors (Lipinski definition) is 1. The molecule has 1 aliphatic carbocycles. The second-order valence-corrected chi connectivity index (χ2v) is 5.43. The summed E-state index contributed by atoms with van der Waals surface area (Å²) in [6.07, 6.45) is -0.00976. The van der Waals surface area contributed by atoms with Crippen molar-refractivity contribution < 1.29 is 14.7 Å². The molecule has 0 aromatic heterocycles. The number of hydroxylamine groups is 2. The maximum absolute atomic E-state index is 11.8. The zero-order valence-corrected chi connectivity index (χ0v) is 12.5. The molecule has 0 radical (unpaired) electrons. The van der Waals surface area contributed by atoms with Crippen LogP contribution in [0.25, 0.3) is 11.1 Å². The first-order valence-corrected chi connectivity index (χ1v) is 7.53. The van der Waals surface area contributed by atoms with E-state index >= 15 is 0 Å². The lowest BCUT2D eigenvalue weighted by atomic mass is 9.98. The van der Waals surface area contributed by atoms with Gasteiger partial charge in [-0.05, 0) is 28.7 Å². The van der Waals surface area contributed by atoms with Crippen molar-refractivity contribution in [2.45, 2.75) is 19.3 Å². The van der Waals surface area contributed by atoms with E-state index in [1.807, 2.05) is 31.2 Å². The van der Waals surface area contributed by atoms with E-state index in [1.54, 1.807) is 0 Å². The Morgan fingerprint density at radius 2 is 1.64 bits per heavy atom. The van der Waals surface area contributed by atoms with E-state index in [-0.39, 0.29) is 19.1 Å². The first-order valence-electron chi connectivity index (χ1n) is 7.53. The molecule has 0 bridgehead atoms. The Morgan fingerprint density at radius 3 is 2.18 bits per heavy atom. The summed E-state index contributed by atoms with van der Waals surface area (Å²) in [6.45, 7) is 2.39. The highest BCUT2D eigenvalue weighted by Crippen LogP contribution is 2.44. The van der Waals surface area contributed by atoms with Gasteiger partial charge in [-0.25, -0.2) is 4.79 Å². The molecule has 0 saturated carbocycles. The van der Waals surface area contributed by atoms with Crippen LogP contribution in [0.3, 0.4) is 0 Å². The standard InChI is InChI=1S/C18H19NO3/c1-2-11-19(21)18(20)22-12-17-15-9-5-3-7-13(15)14-8-4-6-10-16(14)17/h3-10,17,21H,2,11-12H2,1H3. The Bertz CT molecular complexity index is 638. The van der Waals surface area contributed by atoms with Gasteiger partial charge in [0.15, 0.2) is 0 Å². The Hall–Kier alpha value is -2.33. The monoisotopic (exact) mass is 297 g/mol. The lowest BCUT2D eigenvalue weighted by Gasteiger charge is -2.17. The molecule has 0 fully saturated rings. The lowest BCUT2D eigenvalue weighted by Crippen LogP contribution is -2.30. The predicted octanol–water partition coefficient (Wildman–Crippen LogP) is 4.04. The van der Waals surface area contributed by atoms with Gasteiger partial charge in [0.25, 0.3) is 0 Å². The molecule has 2 aromatic rings. The summed E-state index contributed by atoms with van der Waals surface area (Å²) in [7, 11) is 0. The molecular weight excluding hydrogens is 278 g/mol. The SMILES string of the molecule is CCCN(O)C(=O)OCC1c2ccccc2-c2ccccc21. The maximum atomic E-state index is 11.8. The highest BCUT2D eigenvalue weighted by Gasteiger charge is 2.29. The molecule has 3 rings (SSSR count). The molecule has 114 valence electrons. The summed E-state index contributed by atoms with van der Waals surface area (Å²) < 4.78 is 5.29. The number of hydrogen-bond acceptors (Lipinski definition) is 3. The van der Waals surface area contributed by atoms with E-state index in [0.29, 0.717) is 11.5 Å². The largest absolute Gasteiger partial charge is 0.447 e. The van der Waals surface area contributed by atoms with Gasteiger partial charge in [-0.1, -0.05) is 55.5 Å². The Balaban J connectivity index is 1.81. The minimum absolute atomic E-state index is 0.0198. The quantitative estimate of drug-likeness (QED) is 0.684. The van der Waals surface area contributed by atoms with Crippen LogP contribution in [0.2, 0.25) is 0 Å². The normalized spacial score (nSPS) is 12.6. The molecule has 0 atom stereocenters. The van der Waals surface area contributed by atoms with Crippen LogP contribution in [-0.4, -0.2) is 29.5 Å². The minimum atomic E-state index is -0.691. The average Bonchev–Trinajstić information content (AvgIpc) is 2.87. The van der Waals surface area contributed by atoms with Gasteiger partial charge in [0.2, 0.25) is 0 Å². The number of carbonyl (C=O) groups is 1. The third kappa shape index (κ3) is 2.57. The summed E-state index contributed by atoms with van der Waals surface area (Å²) in [5.41, 5.74) is 4.70. The van der Waals surface area contributed by atoms with Crippen molar-refractivity contribution in [2.24, 2.45) is 0 Å². The number of carbonyl (C=O) groups excluding carboxylic acids is 1. The summed E-state index contributed by atoms with van der Waals surface area (Å²) in [5.74, 6) is 0.0198.